The first-order chi connectivity index (χ1) is 18.7. The van der Waals surface area contributed by atoms with Crippen molar-refractivity contribution in [2.75, 3.05) is 38.3 Å². The molecule has 3 aromatic rings. The van der Waals surface area contributed by atoms with Crippen molar-refractivity contribution in [1.82, 2.24) is 5.32 Å². The largest absolute Gasteiger partial charge is 0.508 e. The normalized spacial score (nSPS) is 15.1. The fraction of sp³-hybridized carbons (Fsp3) is 0.455. The number of aromatic hydroxyl groups is 1. The molecule has 1 aliphatic carbocycles. The van der Waals surface area contributed by atoms with E-state index < -0.39 is 0 Å². The van der Waals surface area contributed by atoms with Gasteiger partial charge in [0.2, 0.25) is 0 Å². The standard InChI is InChI=1S/C33H43FN2O3/c1-6-36(21-23-7-14-32(30(34)17-23)39-16-15-35-22-33(2,3)4)31-20-28(38-5)12-13-29(31)26-9-8-25-19-27(37)11-10-24(25)18-26/h7,10-14,17,19-20,26,35,37H,6,8-9,15-16,18,21-22H2,1-5H3. The predicted molar refractivity (Wildman–Crippen MR) is 157 cm³/mol. The number of hydrogen-bond acceptors (Lipinski definition) is 5. The third kappa shape index (κ3) is 7.66. The van der Waals surface area contributed by atoms with Gasteiger partial charge in [-0.2, -0.15) is 0 Å². The van der Waals surface area contributed by atoms with Gasteiger partial charge in [-0.15, -0.1) is 0 Å². The van der Waals surface area contributed by atoms with Gasteiger partial charge in [0.25, 0.3) is 0 Å². The zero-order valence-electron chi connectivity index (χ0n) is 24.0. The van der Waals surface area contributed by atoms with Crippen molar-refractivity contribution in [1.29, 1.82) is 0 Å². The van der Waals surface area contributed by atoms with E-state index in [1.807, 2.05) is 24.3 Å². The Morgan fingerprint density at radius 3 is 2.59 bits per heavy atom. The summed E-state index contributed by atoms with van der Waals surface area (Å²) in [6.07, 6.45) is 2.88. The highest BCUT2D eigenvalue weighted by atomic mass is 19.1. The number of phenolic OH excluding ortho intramolecular Hbond substituents is 1. The number of phenols is 1. The Hall–Kier alpha value is -3.25. The highest BCUT2D eigenvalue weighted by Gasteiger charge is 2.25. The number of anilines is 1. The summed E-state index contributed by atoms with van der Waals surface area (Å²) >= 11 is 0. The fourth-order valence-corrected chi connectivity index (χ4v) is 5.32. The fourth-order valence-electron chi connectivity index (χ4n) is 5.32. The molecule has 0 fully saturated rings. The number of nitrogens with one attached hydrogen (secondary N) is 1. The molecule has 0 spiro atoms. The van der Waals surface area contributed by atoms with Crippen LogP contribution in [0.1, 0.15) is 62.3 Å². The number of halogens is 1. The Morgan fingerprint density at radius 2 is 1.87 bits per heavy atom. The molecule has 6 heteroatoms. The van der Waals surface area contributed by atoms with Gasteiger partial charge in [0.05, 0.1) is 7.11 Å². The molecule has 0 saturated carbocycles. The number of ether oxygens (including phenoxy) is 2. The molecule has 1 aliphatic rings. The van der Waals surface area contributed by atoms with E-state index in [1.165, 1.54) is 16.7 Å². The second kappa shape index (κ2) is 12.7. The zero-order valence-corrected chi connectivity index (χ0v) is 24.0. The maximum absolute atomic E-state index is 15.0. The van der Waals surface area contributed by atoms with Crippen LogP contribution < -0.4 is 19.7 Å². The van der Waals surface area contributed by atoms with Crippen LogP contribution in [0.4, 0.5) is 10.1 Å². The number of nitrogens with zero attached hydrogens (tertiary/aromatic N) is 1. The molecule has 0 saturated heterocycles. The third-order valence-electron chi connectivity index (χ3n) is 7.38. The summed E-state index contributed by atoms with van der Waals surface area (Å²) < 4.78 is 26.2. The summed E-state index contributed by atoms with van der Waals surface area (Å²) in [5.74, 6) is 1.45. The van der Waals surface area contributed by atoms with Crippen molar-refractivity contribution in [2.24, 2.45) is 5.41 Å². The van der Waals surface area contributed by atoms with Crippen LogP contribution in [0.3, 0.4) is 0 Å². The molecule has 4 rings (SSSR count). The summed E-state index contributed by atoms with van der Waals surface area (Å²) in [7, 11) is 1.69. The summed E-state index contributed by atoms with van der Waals surface area (Å²) in [6.45, 7) is 12.0. The number of hydrogen-bond donors (Lipinski definition) is 2. The van der Waals surface area contributed by atoms with E-state index in [4.69, 9.17) is 9.47 Å². The molecular formula is C33H43FN2O3. The minimum absolute atomic E-state index is 0.201. The van der Waals surface area contributed by atoms with E-state index in [9.17, 15) is 9.50 Å². The molecule has 0 amide bonds. The van der Waals surface area contributed by atoms with Crippen molar-refractivity contribution in [2.45, 2.75) is 59.4 Å². The van der Waals surface area contributed by atoms with Crippen molar-refractivity contribution >= 4 is 5.69 Å². The van der Waals surface area contributed by atoms with Crippen molar-refractivity contribution < 1.29 is 19.0 Å². The van der Waals surface area contributed by atoms with E-state index in [-0.39, 0.29) is 17.0 Å². The van der Waals surface area contributed by atoms with E-state index in [2.05, 4.69) is 50.0 Å². The van der Waals surface area contributed by atoms with Gasteiger partial charge in [0, 0.05) is 37.9 Å². The average molecular weight is 535 g/mol. The second-order valence-corrected chi connectivity index (χ2v) is 11.7. The molecule has 0 aromatic heterocycles. The molecule has 0 aliphatic heterocycles. The van der Waals surface area contributed by atoms with E-state index >= 15 is 0 Å². The van der Waals surface area contributed by atoms with Crippen LogP contribution in [-0.2, 0) is 19.4 Å². The van der Waals surface area contributed by atoms with Gasteiger partial charge in [-0.25, -0.2) is 4.39 Å². The molecule has 3 aromatic carbocycles. The molecule has 0 bridgehead atoms. The Kier molecular flexibility index (Phi) is 9.39. The number of fused-ring (bicyclic) bond motifs is 1. The predicted octanol–water partition coefficient (Wildman–Crippen LogP) is 6.85. The number of rotatable bonds is 11. The smallest absolute Gasteiger partial charge is 0.165 e. The minimum Gasteiger partial charge on any atom is -0.508 e. The Labute approximate surface area is 233 Å². The van der Waals surface area contributed by atoms with Crippen molar-refractivity contribution in [3.05, 3.63) is 82.7 Å². The first kappa shape index (κ1) is 28.8. The molecule has 1 unspecified atom stereocenters. The average Bonchev–Trinajstić information content (AvgIpc) is 2.91. The van der Waals surface area contributed by atoms with Crippen LogP contribution in [0.25, 0.3) is 0 Å². The lowest BCUT2D eigenvalue weighted by atomic mass is 9.79. The van der Waals surface area contributed by atoms with Gasteiger partial charge in [0.15, 0.2) is 11.6 Å². The summed E-state index contributed by atoms with van der Waals surface area (Å²) in [6, 6.07) is 17.3. The Morgan fingerprint density at radius 1 is 1.05 bits per heavy atom. The number of aryl methyl sites for hydroxylation is 1. The summed E-state index contributed by atoms with van der Waals surface area (Å²) in [4.78, 5) is 2.29. The van der Waals surface area contributed by atoms with Crippen LogP contribution >= 0.6 is 0 Å². The quantitative estimate of drug-likeness (QED) is 0.264. The SMILES string of the molecule is CCN(Cc1ccc(OCCNCC(C)(C)C)c(F)c1)c1cc(OC)ccc1C1CCc2cc(O)ccc2C1. The molecule has 0 heterocycles. The zero-order chi connectivity index (χ0) is 28.0. The molecule has 39 heavy (non-hydrogen) atoms. The first-order valence-electron chi connectivity index (χ1n) is 14.0. The van der Waals surface area contributed by atoms with Gasteiger partial charge < -0.3 is 24.8 Å². The topological polar surface area (TPSA) is 54.0 Å². The minimum atomic E-state index is -0.336. The first-order valence-corrected chi connectivity index (χ1v) is 14.0. The van der Waals surface area contributed by atoms with E-state index in [0.717, 1.165) is 49.4 Å². The van der Waals surface area contributed by atoms with Crippen LogP contribution in [0.15, 0.2) is 54.6 Å². The molecule has 5 nitrogen and oxygen atoms in total. The third-order valence-corrected chi connectivity index (χ3v) is 7.38. The van der Waals surface area contributed by atoms with Gasteiger partial charge in [-0.05, 0) is 90.1 Å². The second-order valence-electron chi connectivity index (χ2n) is 11.7. The molecule has 1 atom stereocenters. The number of methoxy groups -OCH3 is 1. The lowest BCUT2D eigenvalue weighted by Crippen LogP contribution is -2.30. The molecule has 0 radical (unpaired) electrons. The van der Waals surface area contributed by atoms with Crippen molar-refractivity contribution in [3.63, 3.8) is 0 Å². The van der Waals surface area contributed by atoms with E-state index in [1.54, 1.807) is 25.3 Å². The molecule has 2 N–H and O–H groups in total. The Bertz CT molecular complexity index is 1250. The van der Waals surface area contributed by atoms with Crippen LogP contribution in [0.2, 0.25) is 0 Å². The molecular weight excluding hydrogens is 491 g/mol. The van der Waals surface area contributed by atoms with Crippen LogP contribution in [0, 0.1) is 11.2 Å². The van der Waals surface area contributed by atoms with Gasteiger partial charge in [-0.1, -0.05) is 39.0 Å². The van der Waals surface area contributed by atoms with Crippen molar-refractivity contribution in [3.8, 4) is 17.2 Å². The lowest BCUT2D eigenvalue weighted by Gasteiger charge is -2.32. The van der Waals surface area contributed by atoms with Crippen LogP contribution in [0.5, 0.6) is 17.2 Å². The van der Waals surface area contributed by atoms with E-state index in [0.29, 0.717) is 31.4 Å². The highest BCUT2D eigenvalue weighted by Crippen LogP contribution is 2.40. The monoisotopic (exact) mass is 534 g/mol. The summed E-state index contributed by atoms with van der Waals surface area (Å²) in [5.41, 5.74) is 6.02. The lowest BCUT2D eigenvalue weighted by molar-refractivity contribution is 0.285. The van der Waals surface area contributed by atoms with Gasteiger partial charge in [0.1, 0.15) is 18.1 Å². The maximum atomic E-state index is 15.0. The van der Waals surface area contributed by atoms with Gasteiger partial charge >= 0.3 is 0 Å². The maximum Gasteiger partial charge on any atom is 0.165 e. The van der Waals surface area contributed by atoms with Crippen LogP contribution in [-0.4, -0.2) is 38.5 Å². The number of benzene rings is 3. The van der Waals surface area contributed by atoms with Gasteiger partial charge in [-0.3, -0.25) is 0 Å². The molecule has 210 valence electrons. The summed E-state index contributed by atoms with van der Waals surface area (Å²) in [5, 5.41) is 13.2. The highest BCUT2D eigenvalue weighted by molar-refractivity contribution is 5.60. The Balaban J connectivity index is 1.48.